The van der Waals surface area contributed by atoms with Gasteiger partial charge in [0, 0.05) is 31.6 Å². The van der Waals surface area contributed by atoms with E-state index in [1.807, 2.05) is 27.7 Å². The van der Waals surface area contributed by atoms with Crippen LogP contribution in [-0.2, 0) is 4.79 Å². The largest absolute Gasteiger partial charge is 0.393 e. The summed E-state index contributed by atoms with van der Waals surface area (Å²) in [7, 11) is 6.73. The number of aliphatic hydroxyl groups excluding tert-OH is 5. The molecule has 0 bridgehead atoms. The second-order valence-corrected chi connectivity index (χ2v) is 22.2. The van der Waals surface area contributed by atoms with E-state index >= 15 is 0 Å². The predicted octanol–water partition coefficient (Wildman–Crippen LogP) is 7.52. The van der Waals surface area contributed by atoms with Crippen LogP contribution in [0.15, 0.2) is 0 Å². The lowest BCUT2D eigenvalue weighted by atomic mass is 9.64. The number of carbonyl (C=O) groups excluding carboxylic acids is 1. The highest BCUT2D eigenvalue weighted by Crippen LogP contribution is 2.40. The Bertz CT molecular complexity index is 851. The van der Waals surface area contributed by atoms with Crippen LogP contribution >= 0.6 is 0 Å². The van der Waals surface area contributed by atoms with Crippen molar-refractivity contribution < 1.29 is 40.5 Å². The molecule has 1 saturated carbocycles. The number of hydrogen-bond donors (Lipinski definition) is 6. The molecule has 0 amide bonds. The fourth-order valence-corrected chi connectivity index (χ4v) is 5.63. The van der Waals surface area contributed by atoms with Crippen molar-refractivity contribution in [2.45, 2.75) is 207 Å². The third-order valence-corrected chi connectivity index (χ3v) is 8.80. The highest BCUT2D eigenvalue weighted by atomic mass is 16.4. The molecular weight excluding hydrogens is 640 g/mol. The molecule has 312 valence electrons. The van der Waals surface area contributed by atoms with Gasteiger partial charge in [-0.3, -0.25) is 4.79 Å². The molecule has 0 aromatic rings. The predicted molar refractivity (Wildman–Crippen MR) is 219 cm³/mol. The Kier molecular flexibility index (Phi) is 26.9. The minimum absolute atomic E-state index is 0.0278. The summed E-state index contributed by atoms with van der Waals surface area (Å²) in [6.45, 7) is 40.9. The first kappa shape index (κ1) is 57.1. The molecule has 8 atom stereocenters. The number of ketones is 1. The van der Waals surface area contributed by atoms with Gasteiger partial charge >= 0.3 is 0 Å². The molecular formula is C43H96N2O6+2. The number of aliphatic hydroxyl groups is 5. The average molecular weight is 737 g/mol. The van der Waals surface area contributed by atoms with Gasteiger partial charge in [-0.2, -0.15) is 0 Å². The Balaban J connectivity index is -0.000000278. The third-order valence-electron chi connectivity index (χ3n) is 8.80. The number of nitrogens with zero attached hydrogens (tertiary/aromatic N) is 1. The van der Waals surface area contributed by atoms with E-state index < -0.39 is 36.3 Å². The van der Waals surface area contributed by atoms with E-state index in [0.29, 0.717) is 10.8 Å². The molecule has 1 aliphatic carbocycles. The average Bonchev–Trinajstić information content (AvgIpc) is 2.87. The van der Waals surface area contributed by atoms with Gasteiger partial charge in [0.1, 0.15) is 6.04 Å². The van der Waals surface area contributed by atoms with Crippen molar-refractivity contribution in [2.24, 2.45) is 38.9 Å². The van der Waals surface area contributed by atoms with Crippen molar-refractivity contribution in [3.8, 4) is 0 Å². The molecule has 6 unspecified atom stereocenters. The normalized spacial score (nSPS) is 24.2. The van der Waals surface area contributed by atoms with Gasteiger partial charge in [-0.15, -0.1) is 0 Å². The molecule has 0 aliphatic heterocycles. The third kappa shape index (κ3) is 34.9. The van der Waals surface area contributed by atoms with Gasteiger partial charge in [-0.05, 0) is 46.3 Å². The topological polar surface area (TPSA) is 146 Å². The number of rotatable bonds is 7. The summed E-state index contributed by atoms with van der Waals surface area (Å²) in [5, 5.41) is 48.5. The van der Waals surface area contributed by atoms with E-state index in [0.717, 1.165) is 23.7 Å². The van der Waals surface area contributed by atoms with Gasteiger partial charge < -0.3 is 35.7 Å². The SMILES string of the molecule is CC(=O)[C@@H]([NH3+])CC(C)(C)C.CC(C)(C)CC[N+](C)(C)C.CC1C(O)C(O)C(C(C)(C)C)C(O)[C@@H]1O.CCC(O)CC(C)(C)C.CCCC(C)(C)C. The van der Waals surface area contributed by atoms with Crippen LogP contribution in [0.4, 0.5) is 0 Å². The highest BCUT2D eigenvalue weighted by Gasteiger charge is 2.50. The van der Waals surface area contributed by atoms with Crippen LogP contribution in [0.25, 0.3) is 0 Å². The number of hydrogen-bond acceptors (Lipinski definition) is 6. The zero-order valence-electron chi connectivity index (χ0n) is 38.4. The molecule has 0 heterocycles. The molecule has 0 radical (unpaired) electrons. The lowest BCUT2D eigenvalue weighted by Gasteiger charge is -2.48. The molecule has 8 N–H and O–H groups in total. The van der Waals surface area contributed by atoms with Crippen LogP contribution in [-0.4, -0.2) is 100 Å². The minimum Gasteiger partial charge on any atom is -0.393 e. The second kappa shape index (κ2) is 24.0. The maximum atomic E-state index is 10.8. The van der Waals surface area contributed by atoms with Crippen LogP contribution < -0.4 is 5.73 Å². The summed E-state index contributed by atoms with van der Waals surface area (Å²) >= 11 is 0. The Labute approximate surface area is 319 Å². The summed E-state index contributed by atoms with van der Waals surface area (Å²) in [6, 6.07) is -0.0278. The minimum atomic E-state index is -0.988. The zero-order valence-corrected chi connectivity index (χ0v) is 38.4. The fraction of sp³-hybridized carbons (Fsp3) is 0.977. The summed E-state index contributed by atoms with van der Waals surface area (Å²) in [4.78, 5) is 10.8. The van der Waals surface area contributed by atoms with E-state index in [1.54, 1.807) is 13.8 Å². The fourth-order valence-electron chi connectivity index (χ4n) is 5.63. The number of Topliss-reactive ketones (excluding diaryl/α,β-unsaturated/α-hetero) is 1. The monoisotopic (exact) mass is 737 g/mol. The van der Waals surface area contributed by atoms with Gasteiger partial charge in [-0.25, -0.2) is 0 Å². The maximum absolute atomic E-state index is 10.8. The van der Waals surface area contributed by atoms with E-state index in [4.69, 9.17) is 0 Å². The van der Waals surface area contributed by atoms with Crippen LogP contribution in [0, 0.1) is 38.9 Å². The van der Waals surface area contributed by atoms with Crippen molar-refractivity contribution in [1.29, 1.82) is 0 Å². The summed E-state index contributed by atoms with van der Waals surface area (Å²) in [5.41, 5.74) is 4.95. The van der Waals surface area contributed by atoms with E-state index in [9.17, 15) is 30.3 Å². The summed E-state index contributed by atoms with van der Waals surface area (Å²) in [6.07, 6.45) is 2.57. The lowest BCUT2D eigenvalue weighted by molar-refractivity contribution is -0.871. The van der Waals surface area contributed by atoms with Crippen molar-refractivity contribution >= 4 is 5.78 Å². The van der Waals surface area contributed by atoms with E-state index in [-0.39, 0.29) is 34.2 Å². The Morgan fingerprint density at radius 3 is 1.14 bits per heavy atom. The Hall–Kier alpha value is -0.610. The molecule has 0 aromatic heterocycles. The van der Waals surface area contributed by atoms with E-state index in [2.05, 4.69) is 117 Å². The molecule has 51 heavy (non-hydrogen) atoms. The summed E-state index contributed by atoms with van der Waals surface area (Å²) in [5.74, 6) is -0.831. The Morgan fingerprint density at radius 1 is 0.647 bits per heavy atom. The molecule has 8 nitrogen and oxygen atoms in total. The molecule has 1 fully saturated rings. The molecule has 0 aromatic carbocycles. The van der Waals surface area contributed by atoms with Crippen molar-refractivity contribution in [1.82, 2.24) is 0 Å². The van der Waals surface area contributed by atoms with Crippen LogP contribution in [0.3, 0.4) is 0 Å². The first-order chi connectivity index (χ1) is 22.2. The van der Waals surface area contributed by atoms with Crippen molar-refractivity contribution in [2.75, 3.05) is 27.7 Å². The van der Waals surface area contributed by atoms with Gasteiger partial charge in [0.25, 0.3) is 0 Å². The number of carbonyl (C=O) groups is 1. The highest BCUT2D eigenvalue weighted by molar-refractivity contribution is 5.79. The molecule has 0 spiro atoms. The summed E-state index contributed by atoms with van der Waals surface area (Å²) < 4.78 is 1.08. The molecule has 0 saturated heterocycles. The maximum Gasteiger partial charge on any atom is 0.186 e. The number of quaternary nitrogens is 2. The van der Waals surface area contributed by atoms with Crippen LogP contribution in [0.1, 0.15) is 170 Å². The zero-order chi connectivity index (χ0) is 42.1. The van der Waals surface area contributed by atoms with Gasteiger partial charge in [0.05, 0.1) is 58.2 Å². The molecule has 1 aliphatic rings. The lowest BCUT2D eigenvalue weighted by Crippen LogP contribution is -2.65. The smallest absolute Gasteiger partial charge is 0.186 e. The second-order valence-electron chi connectivity index (χ2n) is 22.2. The van der Waals surface area contributed by atoms with E-state index in [1.165, 1.54) is 25.8 Å². The molecule has 1 rings (SSSR count). The van der Waals surface area contributed by atoms with Crippen LogP contribution in [0.5, 0.6) is 0 Å². The van der Waals surface area contributed by atoms with Gasteiger partial charge in [0.2, 0.25) is 0 Å². The first-order valence-electron chi connectivity index (χ1n) is 19.8. The van der Waals surface area contributed by atoms with Crippen molar-refractivity contribution in [3.05, 3.63) is 0 Å². The Morgan fingerprint density at radius 2 is 1.00 bits per heavy atom. The molecule has 8 heteroatoms. The first-order valence-corrected chi connectivity index (χ1v) is 19.8. The van der Waals surface area contributed by atoms with Gasteiger partial charge in [0.15, 0.2) is 5.78 Å². The standard InChI is InChI=1S/C11H22O4.C9H22N.C8H17NO.C8H18O.C7H16/c1-5-7(12)9(14)6(11(2,3)4)10(15)8(5)13;1-9(2,3)7-8-10(4,5)6;1-6(10)7(9)5-8(2,3)4;1-5-7(9)6-8(2,3)4;1-5-6-7(2,3)4/h5-10,12-15H,1-4H3;7-8H2,1-6H3;7H,5,9H2,1-4H3;7,9H,5-6H2,1-4H3;5-6H2,1-4H3/q;+1;;;/p+1/t5?,6?,7-,8?,9?,10?;;7-;;/m1.0../s1. The van der Waals surface area contributed by atoms with Crippen LogP contribution in [0.2, 0.25) is 0 Å². The quantitative estimate of drug-likeness (QED) is 0.149. The van der Waals surface area contributed by atoms with Gasteiger partial charge in [-0.1, -0.05) is 131 Å². The van der Waals surface area contributed by atoms with Crippen molar-refractivity contribution in [3.63, 3.8) is 0 Å².